The highest BCUT2D eigenvalue weighted by Gasteiger charge is 2.27. The number of aryl methyl sites for hydroxylation is 1. The maximum atomic E-state index is 12.7. The van der Waals surface area contributed by atoms with Gasteiger partial charge in [0, 0.05) is 11.6 Å². The molecule has 0 aliphatic heterocycles. The highest BCUT2D eigenvalue weighted by atomic mass is 35.5. The van der Waals surface area contributed by atoms with Gasteiger partial charge in [-0.15, -0.1) is 0 Å². The van der Waals surface area contributed by atoms with Gasteiger partial charge in [-0.3, -0.25) is 0 Å². The number of hydrogen-bond acceptors (Lipinski definition) is 5. The van der Waals surface area contributed by atoms with Gasteiger partial charge in [-0.05, 0) is 25.1 Å². The second-order valence-corrected chi connectivity index (χ2v) is 7.05. The molecule has 1 aromatic carbocycles. The van der Waals surface area contributed by atoms with Gasteiger partial charge >= 0.3 is 0 Å². The average molecular weight is 350 g/mol. The summed E-state index contributed by atoms with van der Waals surface area (Å²) in [5, 5.41) is 7.75. The van der Waals surface area contributed by atoms with E-state index in [0.29, 0.717) is 16.4 Å². The highest BCUT2D eigenvalue weighted by molar-refractivity contribution is 7.89. The molecule has 0 amide bonds. The van der Waals surface area contributed by atoms with Gasteiger partial charge in [0.15, 0.2) is 0 Å². The van der Waals surface area contributed by atoms with Crippen LogP contribution in [0.2, 0.25) is 10.0 Å². The molecule has 1 aromatic heterocycles. The summed E-state index contributed by atoms with van der Waals surface area (Å²) in [6.07, 6.45) is 0. The van der Waals surface area contributed by atoms with E-state index in [2.05, 4.69) is 14.9 Å². The van der Waals surface area contributed by atoms with E-state index >= 15 is 0 Å². The lowest BCUT2D eigenvalue weighted by Gasteiger charge is -2.20. The van der Waals surface area contributed by atoms with Crippen molar-refractivity contribution in [1.29, 1.82) is 0 Å². The minimum absolute atomic E-state index is 0.0346. The number of sulfonamides is 1. The summed E-state index contributed by atoms with van der Waals surface area (Å²) < 4.78 is 31.2. The first-order valence-electron chi connectivity index (χ1n) is 6.09. The molecule has 0 spiro atoms. The number of halogens is 2. The first-order chi connectivity index (χ1) is 9.86. The molecule has 6 nitrogen and oxygen atoms in total. The molecule has 2 rings (SSSR count). The zero-order valence-corrected chi connectivity index (χ0v) is 13.7. The third-order valence-electron chi connectivity index (χ3n) is 2.94. The van der Waals surface area contributed by atoms with Crippen molar-refractivity contribution in [3.05, 3.63) is 39.6 Å². The predicted octanol–water partition coefficient (Wildman–Crippen LogP) is 2.90. The molecule has 0 fully saturated rings. The Balaban J connectivity index is 2.40. The second kappa shape index (κ2) is 6.31. The Labute approximate surface area is 132 Å². The zero-order valence-electron chi connectivity index (χ0n) is 11.4. The van der Waals surface area contributed by atoms with Gasteiger partial charge in [-0.25, -0.2) is 13.0 Å². The molecule has 2 aromatic rings. The van der Waals surface area contributed by atoms with E-state index in [4.69, 9.17) is 23.2 Å². The standard InChI is InChI=1S/C12H13Cl2N3O3S/c1-3-17(7-11-8(2)15-20-16-11)21(18,19)12-6-9(13)4-5-10(12)14/h4-6H,3,7H2,1-2H3. The second-order valence-electron chi connectivity index (χ2n) is 4.30. The molecule has 1 heterocycles. The van der Waals surface area contributed by atoms with Gasteiger partial charge in [0.05, 0.1) is 11.6 Å². The summed E-state index contributed by atoms with van der Waals surface area (Å²) in [6, 6.07) is 4.31. The monoisotopic (exact) mass is 349 g/mol. The summed E-state index contributed by atoms with van der Waals surface area (Å²) in [5.74, 6) is 0. The number of nitrogens with zero attached hydrogens (tertiary/aromatic N) is 3. The molecule has 0 unspecified atom stereocenters. The van der Waals surface area contributed by atoms with E-state index in [1.807, 2.05) is 0 Å². The van der Waals surface area contributed by atoms with E-state index in [1.54, 1.807) is 13.8 Å². The molecule has 0 aliphatic carbocycles. The van der Waals surface area contributed by atoms with Gasteiger partial charge in [-0.1, -0.05) is 40.4 Å². The van der Waals surface area contributed by atoms with Crippen molar-refractivity contribution in [3.8, 4) is 0 Å². The molecule has 0 atom stereocenters. The van der Waals surface area contributed by atoms with Crippen molar-refractivity contribution in [2.45, 2.75) is 25.3 Å². The normalized spacial score (nSPS) is 12.0. The van der Waals surface area contributed by atoms with Gasteiger partial charge in [0.25, 0.3) is 0 Å². The smallest absolute Gasteiger partial charge is 0.244 e. The van der Waals surface area contributed by atoms with Crippen molar-refractivity contribution in [2.24, 2.45) is 0 Å². The maximum Gasteiger partial charge on any atom is 0.244 e. The highest BCUT2D eigenvalue weighted by Crippen LogP contribution is 2.28. The maximum absolute atomic E-state index is 12.7. The van der Waals surface area contributed by atoms with Gasteiger partial charge in [0.1, 0.15) is 16.3 Å². The fourth-order valence-corrected chi connectivity index (χ4v) is 3.89. The minimum Gasteiger partial charge on any atom is -0.244 e. The molecule has 0 saturated heterocycles. The largest absolute Gasteiger partial charge is 0.244 e. The van der Waals surface area contributed by atoms with Crippen LogP contribution in [0.1, 0.15) is 18.3 Å². The summed E-state index contributed by atoms with van der Waals surface area (Å²) in [4.78, 5) is -0.0346. The third-order valence-corrected chi connectivity index (χ3v) is 5.57. The van der Waals surface area contributed by atoms with E-state index in [1.165, 1.54) is 22.5 Å². The number of rotatable bonds is 5. The van der Waals surface area contributed by atoms with Crippen LogP contribution < -0.4 is 0 Å². The minimum atomic E-state index is -3.79. The molecule has 114 valence electrons. The molecule has 0 aliphatic rings. The predicted molar refractivity (Wildman–Crippen MR) is 78.8 cm³/mol. The number of hydrogen-bond donors (Lipinski definition) is 0. The van der Waals surface area contributed by atoms with Crippen molar-refractivity contribution in [1.82, 2.24) is 14.6 Å². The van der Waals surface area contributed by atoms with Crippen molar-refractivity contribution < 1.29 is 13.0 Å². The number of aromatic nitrogens is 2. The van der Waals surface area contributed by atoms with Gasteiger partial charge in [-0.2, -0.15) is 4.31 Å². The summed E-state index contributed by atoms with van der Waals surface area (Å²) >= 11 is 11.8. The lowest BCUT2D eigenvalue weighted by atomic mass is 10.3. The Bertz CT molecular complexity index is 746. The lowest BCUT2D eigenvalue weighted by Crippen LogP contribution is -2.31. The summed E-state index contributed by atoms with van der Waals surface area (Å²) in [6.45, 7) is 3.71. The van der Waals surface area contributed by atoms with Crippen LogP contribution >= 0.6 is 23.2 Å². The van der Waals surface area contributed by atoms with Crippen molar-refractivity contribution in [3.63, 3.8) is 0 Å². The van der Waals surface area contributed by atoms with E-state index in [0.717, 1.165) is 0 Å². The Hall–Kier alpha value is -1.15. The van der Waals surface area contributed by atoms with Crippen LogP contribution in [0, 0.1) is 6.92 Å². The molecule has 0 bridgehead atoms. The van der Waals surface area contributed by atoms with Crippen LogP contribution in [0.5, 0.6) is 0 Å². The fraction of sp³-hybridized carbons (Fsp3) is 0.333. The zero-order chi connectivity index (χ0) is 15.6. The Morgan fingerprint density at radius 3 is 2.57 bits per heavy atom. The third kappa shape index (κ3) is 3.37. The molecular formula is C12H13Cl2N3O3S. The molecule has 9 heteroatoms. The Morgan fingerprint density at radius 1 is 1.29 bits per heavy atom. The van der Waals surface area contributed by atoms with Gasteiger partial charge in [0.2, 0.25) is 10.0 Å². The fourth-order valence-electron chi connectivity index (χ4n) is 1.74. The lowest BCUT2D eigenvalue weighted by molar-refractivity contribution is 0.296. The Kier molecular flexibility index (Phi) is 4.88. The average Bonchev–Trinajstić information content (AvgIpc) is 2.83. The molecule has 21 heavy (non-hydrogen) atoms. The van der Waals surface area contributed by atoms with Crippen LogP contribution in [0.15, 0.2) is 27.7 Å². The van der Waals surface area contributed by atoms with Gasteiger partial charge < -0.3 is 0 Å². The van der Waals surface area contributed by atoms with Crippen LogP contribution in [0.25, 0.3) is 0 Å². The van der Waals surface area contributed by atoms with Crippen LogP contribution in [0.3, 0.4) is 0 Å². The van der Waals surface area contributed by atoms with Crippen molar-refractivity contribution >= 4 is 33.2 Å². The van der Waals surface area contributed by atoms with Crippen LogP contribution in [-0.4, -0.2) is 29.6 Å². The van der Waals surface area contributed by atoms with Crippen molar-refractivity contribution in [2.75, 3.05) is 6.54 Å². The summed E-state index contributed by atoms with van der Waals surface area (Å²) in [7, 11) is -3.79. The SMILES string of the molecule is CCN(Cc1nonc1C)S(=O)(=O)c1cc(Cl)ccc1Cl. The molecule has 0 radical (unpaired) electrons. The molecule has 0 N–H and O–H groups in total. The first kappa shape index (κ1) is 16.2. The quantitative estimate of drug-likeness (QED) is 0.829. The molecular weight excluding hydrogens is 337 g/mol. The van der Waals surface area contributed by atoms with E-state index in [9.17, 15) is 8.42 Å². The Morgan fingerprint density at radius 2 is 2.00 bits per heavy atom. The number of benzene rings is 1. The topological polar surface area (TPSA) is 76.3 Å². The van der Waals surface area contributed by atoms with E-state index < -0.39 is 10.0 Å². The molecule has 0 saturated carbocycles. The van der Waals surface area contributed by atoms with Crippen LogP contribution in [-0.2, 0) is 16.6 Å². The van der Waals surface area contributed by atoms with Crippen LogP contribution in [0.4, 0.5) is 0 Å². The first-order valence-corrected chi connectivity index (χ1v) is 8.29. The van der Waals surface area contributed by atoms with E-state index in [-0.39, 0.29) is 23.0 Å². The summed E-state index contributed by atoms with van der Waals surface area (Å²) in [5.41, 5.74) is 0.999.